The standard InChI is InChI=1S/C20H21F3N2O2/c21-20(22,23)17-8-4-5-9-18(17)24-19(26)25-12-10-15(11-13-25)14-27-16-6-2-1-3-7-16/h1-9,15H,10-14H2,(H,24,26). The predicted molar refractivity (Wildman–Crippen MR) is 96.7 cm³/mol. The highest BCUT2D eigenvalue weighted by atomic mass is 19.4. The van der Waals surface area contributed by atoms with Crippen LogP contribution in [-0.4, -0.2) is 30.6 Å². The first-order chi connectivity index (χ1) is 12.9. The van der Waals surface area contributed by atoms with E-state index in [2.05, 4.69) is 5.32 Å². The number of alkyl halides is 3. The third-order valence-corrected chi connectivity index (χ3v) is 4.60. The zero-order valence-electron chi connectivity index (χ0n) is 14.7. The molecule has 7 heteroatoms. The molecule has 2 aromatic carbocycles. The van der Waals surface area contributed by atoms with Gasteiger partial charge in [-0.1, -0.05) is 30.3 Å². The molecule has 0 atom stereocenters. The number of likely N-dealkylation sites (tertiary alicyclic amines) is 1. The lowest BCUT2D eigenvalue weighted by Gasteiger charge is -2.32. The van der Waals surface area contributed by atoms with Gasteiger partial charge >= 0.3 is 12.2 Å². The Kier molecular flexibility index (Phi) is 5.88. The van der Waals surface area contributed by atoms with Crippen molar-refractivity contribution in [2.24, 2.45) is 5.92 Å². The van der Waals surface area contributed by atoms with E-state index < -0.39 is 17.8 Å². The Bertz CT molecular complexity index is 757. The fourth-order valence-corrected chi connectivity index (χ4v) is 3.07. The number of urea groups is 1. The molecule has 0 radical (unpaired) electrons. The highest BCUT2D eigenvalue weighted by Crippen LogP contribution is 2.34. The van der Waals surface area contributed by atoms with Crippen LogP contribution in [0.2, 0.25) is 0 Å². The topological polar surface area (TPSA) is 41.6 Å². The fraction of sp³-hybridized carbons (Fsp3) is 0.350. The zero-order chi connectivity index (χ0) is 19.3. The lowest BCUT2D eigenvalue weighted by Crippen LogP contribution is -2.42. The van der Waals surface area contributed by atoms with Gasteiger partial charge in [0.1, 0.15) is 5.75 Å². The van der Waals surface area contributed by atoms with E-state index in [0.29, 0.717) is 25.6 Å². The van der Waals surface area contributed by atoms with Gasteiger partial charge in [-0.3, -0.25) is 0 Å². The Hall–Kier alpha value is -2.70. The van der Waals surface area contributed by atoms with E-state index in [-0.39, 0.29) is 5.69 Å². The number of hydrogen-bond acceptors (Lipinski definition) is 2. The van der Waals surface area contributed by atoms with Crippen LogP contribution in [0.25, 0.3) is 0 Å². The molecule has 0 bridgehead atoms. The van der Waals surface area contributed by atoms with Crippen molar-refractivity contribution in [3.8, 4) is 5.75 Å². The van der Waals surface area contributed by atoms with Gasteiger partial charge in [0, 0.05) is 13.1 Å². The minimum atomic E-state index is -4.51. The van der Waals surface area contributed by atoms with Crippen molar-refractivity contribution in [2.75, 3.05) is 25.0 Å². The van der Waals surface area contributed by atoms with E-state index >= 15 is 0 Å². The largest absolute Gasteiger partial charge is 0.493 e. The molecule has 0 aliphatic carbocycles. The SMILES string of the molecule is O=C(Nc1ccccc1C(F)(F)F)N1CCC(COc2ccccc2)CC1. The molecule has 2 amide bonds. The number of anilines is 1. The van der Waals surface area contributed by atoms with Crippen LogP contribution in [0.5, 0.6) is 5.75 Å². The lowest BCUT2D eigenvalue weighted by atomic mass is 9.98. The summed E-state index contributed by atoms with van der Waals surface area (Å²) in [5, 5.41) is 2.40. The monoisotopic (exact) mass is 378 g/mol. The molecule has 1 aliphatic heterocycles. The van der Waals surface area contributed by atoms with E-state index in [0.717, 1.165) is 24.7 Å². The van der Waals surface area contributed by atoms with Crippen molar-refractivity contribution >= 4 is 11.7 Å². The second-order valence-corrected chi connectivity index (χ2v) is 6.53. The number of halogens is 3. The number of piperidine rings is 1. The normalized spacial score (nSPS) is 15.4. The van der Waals surface area contributed by atoms with Crippen LogP contribution in [0.15, 0.2) is 54.6 Å². The Morgan fingerprint density at radius 3 is 2.33 bits per heavy atom. The number of carbonyl (C=O) groups excluding carboxylic acids is 1. The van der Waals surface area contributed by atoms with Gasteiger partial charge in [-0.2, -0.15) is 13.2 Å². The summed E-state index contributed by atoms with van der Waals surface area (Å²) in [6.45, 7) is 1.54. The van der Waals surface area contributed by atoms with Crippen LogP contribution < -0.4 is 10.1 Å². The van der Waals surface area contributed by atoms with Crippen molar-refractivity contribution in [1.82, 2.24) is 4.90 Å². The minimum Gasteiger partial charge on any atom is -0.493 e. The van der Waals surface area contributed by atoms with Crippen LogP contribution in [-0.2, 0) is 6.18 Å². The Balaban J connectivity index is 1.51. The molecular formula is C20H21F3N2O2. The lowest BCUT2D eigenvalue weighted by molar-refractivity contribution is -0.136. The molecule has 0 aromatic heterocycles. The van der Waals surface area contributed by atoms with Gasteiger partial charge in [0.25, 0.3) is 0 Å². The first-order valence-corrected chi connectivity index (χ1v) is 8.83. The average molecular weight is 378 g/mol. The first-order valence-electron chi connectivity index (χ1n) is 8.83. The van der Waals surface area contributed by atoms with Gasteiger partial charge in [-0.15, -0.1) is 0 Å². The first kappa shape index (κ1) is 19.1. The van der Waals surface area contributed by atoms with E-state index in [1.807, 2.05) is 30.3 Å². The van der Waals surface area contributed by atoms with E-state index in [1.54, 1.807) is 4.90 Å². The number of nitrogens with zero attached hydrogens (tertiary/aromatic N) is 1. The van der Waals surface area contributed by atoms with Gasteiger partial charge < -0.3 is 15.0 Å². The van der Waals surface area contributed by atoms with Gasteiger partial charge in [-0.25, -0.2) is 4.79 Å². The van der Waals surface area contributed by atoms with E-state index in [1.165, 1.54) is 18.2 Å². The molecule has 0 saturated carbocycles. The quantitative estimate of drug-likeness (QED) is 0.811. The second-order valence-electron chi connectivity index (χ2n) is 6.53. The summed E-state index contributed by atoms with van der Waals surface area (Å²) in [6.07, 6.45) is -3.01. The Morgan fingerprint density at radius 1 is 1.04 bits per heavy atom. The molecule has 3 rings (SSSR count). The number of nitrogens with one attached hydrogen (secondary N) is 1. The molecule has 1 N–H and O–H groups in total. The molecule has 144 valence electrons. The maximum atomic E-state index is 13.0. The minimum absolute atomic E-state index is 0.218. The number of ether oxygens (including phenoxy) is 1. The van der Waals surface area contributed by atoms with Gasteiger partial charge in [-0.05, 0) is 43.0 Å². The number of carbonyl (C=O) groups is 1. The van der Waals surface area contributed by atoms with Crippen LogP contribution >= 0.6 is 0 Å². The molecule has 0 unspecified atom stereocenters. The third-order valence-electron chi connectivity index (χ3n) is 4.60. The third kappa shape index (κ3) is 5.15. The summed E-state index contributed by atoms with van der Waals surface area (Å²) in [5.41, 5.74) is -1.06. The number of hydrogen-bond donors (Lipinski definition) is 1. The number of para-hydroxylation sites is 2. The molecule has 4 nitrogen and oxygen atoms in total. The fourth-order valence-electron chi connectivity index (χ4n) is 3.07. The molecule has 1 heterocycles. The van der Waals surface area contributed by atoms with Gasteiger partial charge in [0.15, 0.2) is 0 Å². The van der Waals surface area contributed by atoms with Crippen molar-refractivity contribution < 1.29 is 22.7 Å². The van der Waals surface area contributed by atoms with Crippen LogP contribution in [0, 0.1) is 5.92 Å². The van der Waals surface area contributed by atoms with E-state index in [9.17, 15) is 18.0 Å². The number of benzene rings is 2. The molecule has 1 saturated heterocycles. The maximum absolute atomic E-state index is 13.0. The van der Waals surface area contributed by atoms with Gasteiger partial charge in [0.2, 0.25) is 0 Å². The van der Waals surface area contributed by atoms with Crippen LogP contribution in [0.1, 0.15) is 18.4 Å². The Morgan fingerprint density at radius 2 is 1.67 bits per heavy atom. The van der Waals surface area contributed by atoms with E-state index in [4.69, 9.17) is 4.74 Å². The summed E-state index contributed by atoms with van der Waals surface area (Å²) in [4.78, 5) is 13.9. The Labute approximate surface area is 155 Å². The summed E-state index contributed by atoms with van der Waals surface area (Å²) in [7, 11) is 0. The maximum Gasteiger partial charge on any atom is 0.418 e. The molecule has 27 heavy (non-hydrogen) atoms. The van der Waals surface area contributed by atoms with Crippen LogP contribution in [0.4, 0.5) is 23.7 Å². The smallest absolute Gasteiger partial charge is 0.418 e. The molecular weight excluding hydrogens is 357 g/mol. The number of amides is 2. The second kappa shape index (κ2) is 8.33. The van der Waals surface area contributed by atoms with Crippen molar-refractivity contribution in [3.63, 3.8) is 0 Å². The summed E-state index contributed by atoms with van der Waals surface area (Å²) >= 11 is 0. The predicted octanol–water partition coefficient (Wildman–Crippen LogP) is 5.03. The highest BCUT2D eigenvalue weighted by Gasteiger charge is 2.34. The van der Waals surface area contributed by atoms with Crippen molar-refractivity contribution in [1.29, 1.82) is 0 Å². The van der Waals surface area contributed by atoms with Gasteiger partial charge in [0.05, 0.1) is 17.9 Å². The summed E-state index contributed by atoms with van der Waals surface area (Å²) in [5.74, 6) is 1.12. The summed E-state index contributed by atoms with van der Waals surface area (Å²) < 4.78 is 44.9. The van der Waals surface area contributed by atoms with Crippen molar-refractivity contribution in [3.05, 3.63) is 60.2 Å². The zero-order valence-corrected chi connectivity index (χ0v) is 14.7. The molecule has 0 spiro atoms. The molecule has 2 aromatic rings. The van der Waals surface area contributed by atoms with Crippen molar-refractivity contribution in [2.45, 2.75) is 19.0 Å². The molecule has 1 aliphatic rings. The average Bonchev–Trinajstić information content (AvgIpc) is 2.67. The molecule has 1 fully saturated rings. The van der Waals surface area contributed by atoms with Crippen LogP contribution in [0.3, 0.4) is 0 Å². The number of rotatable bonds is 4. The highest BCUT2D eigenvalue weighted by molar-refractivity contribution is 5.90. The summed E-state index contributed by atoms with van der Waals surface area (Å²) in [6, 6.07) is 14.0.